The van der Waals surface area contributed by atoms with Crippen LogP contribution in [0.15, 0.2) is 35.4 Å². The molecule has 1 aliphatic heterocycles. The van der Waals surface area contributed by atoms with Crippen LogP contribution in [0.25, 0.3) is 5.69 Å². The zero-order valence-electron chi connectivity index (χ0n) is 15.1. The van der Waals surface area contributed by atoms with Gasteiger partial charge in [-0.2, -0.15) is 5.10 Å². The van der Waals surface area contributed by atoms with Crippen LogP contribution in [0.4, 0.5) is 0 Å². The number of quaternary nitrogens is 1. The Balaban J connectivity index is 1.64. The van der Waals surface area contributed by atoms with Gasteiger partial charge >= 0.3 is 0 Å². The van der Waals surface area contributed by atoms with E-state index in [1.165, 1.54) is 8.47 Å². The van der Waals surface area contributed by atoms with Gasteiger partial charge in [-0.3, -0.25) is 4.79 Å². The van der Waals surface area contributed by atoms with Crippen molar-refractivity contribution in [1.29, 1.82) is 0 Å². The molecule has 1 aromatic heterocycles. The minimum Gasteiger partial charge on any atom is -0.370 e. The molecule has 1 fully saturated rings. The summed E-state index contributed by atoms with van der Waals surface area (Å²) in [6.45, 7) is 7.74. The second-order valence-corrected chi connectivity index (χ2v) is 7.72. The van der Waals surface area contributed by atoms with Gasteiger partial charge in [0, 0.05) is 26.2 Å². The third-order valence-corrected chi connectivity index (χ3v) is 5.28. The Morgan fingerprint density at radius 2 is 2.00 bits per heavy atom. The number of halogens is 1. The minimum absolute atomic E-state index is 0.0652. The Morgan fingerprint density at radius 3 is 2.69 bits per heavy atom. The van der Waals surface area contributed by atoms with E-state index in [1.54, 1.807) is 6.21 Å². The van der Waals surface area contributed by atoms with Gasteiger partial charge < -0.3 is 14.2 Å². The lowest BCUT2D eigenvalue weighted by Crippen LogP contribution is -3.15. The van der Waals surface area contributed by atoms with E-state index in [0.29, 0.717) is 6.54 Å². The number of morpholine rings is 1. The zero-order chi connectivity index (χ0) is 18.5. The lowest BCUT2D eigenvalue weighted by atomic mass is 10.2. The fourth-order valence-electron chi connectivity index (χ4n) is 3.18. The van der Waals surface area contributed by atoms with Crippen molar-refractivity contribution in [2.45, 2.75) is 13.8 Å². The van der Waals surface area contributed by atoms with Crippen LogP contribution in [-0.4, -0.2) is 49.5 Å². The molecule has 3 rings (SSSR count). The second kappa shape index (κ2) is 8.79. The van der Waals surface area contributed by atoms with Crippen LogP contribution in [0.1, 0.15) is 17.0 Å². The lowest BCUT2D eigenvalue weighted by molar-refractivity contribution is -0.900. The van der Waals surface area contributed by atoms with Crippen molar-refractivity contribution in [2.75, 3.05) is 32.8 Å². The number of benzene rings is 1. The first-order chi connectivity index (χ1) is 12.5. The molecule has 2 heterocycles. The molecule has 0 atom stereocenters. The van der Waals surface area contributed by atoms with Crippen molar-refractivity contribution < 1.29 is 14.4 Å². The monoisotopic (exact) mass is 467 g/mol. The van der Waals surface area contributed by atoms with Crippen molar-refractivity contribution in [3.05, 3.63) is 50.9 Å². The molecule has 0 aliphatic carbocycles. The van der Waals surface area contributed by atoms with Gasteiger partial charge in [-0.15, -0.1) is 0 Å². The fraction of sp³-hybridized carbons (Fsp3) is 0.368. The maximum atomic E-state index is 12.0. The highest BCUT2D eigenvalue weighted by Gasteiger charge is 2.17. The van der Waals surface area contributed by atoms with E-state index in [2.05, 4.69) is 81.9 Å². The molecule has 0 bridgehead atoms. The average Bonchev–Trinajstić information content (AvgIpc) is 2.90. The SMILES string of the molecule is Cc1cc(/C=N\NC(=O)C[NH+]2CCOCC2)c(C)n1-c1ccc(I)cc1. The molecule has 1 aliphatic rings. The minimum atomic E-state index is -0.0652. The number of carbonyl (C=O) groups is 1. The number of amides is 1. The number of hydrogen-bond acceptors (Lipinski definition) is 3. The summed E-state index contributed by atoms with van der Waals surface area (Å²) in [5, 5.41) is 4.15. The number of hydrogen-bond donors (Lipinski definition) is 2. The van der Waals surface area contributed by atoms with E-state index in [4.69, 9.17) is 4.74 Å². The van der Waals surface area contributed by atoms with E-state index in [9.17, 15) is 4.79 Å². The summed E-state index contributed by atoms with van der Waals surface area (Å²) >= 11 is 2.30. The highest BCUT2D eigenvalue weighted by Crippen LogP contribution is 2.20. The van der Waals surface area contributed by atoms with Gasteiger partial charge in [0.25, 0.3) is 5.91 Å². The number of aryl methyl sites for hydroxylation is 1. The molecule has 7 heteroatoms. The van der Waals surface area contributed by atoms with Crippen LogP contribution in [0.5, 0.6) is 0 Å². The number of carbonyl (C=O) groups excluding carboxylic acids is 1. The predicted octanol–water partition coefficient (Wildman–Crippen LogP) is 1.06. The van der Waals surface area contributed by atoms with E-state index in [1.807, 2.05) is 0 Å². The molecule has 1 aromatic carbocycles. The summed E-state index contributed by atoms with van der Waals surface area (Å²) < 4.78 is 8.71. The number of ether oxygens (including phenoxy) is 1. The Bertz CT molecular complexity index is 793. The third kappa shape index (κ3) is 4.72. The lowest BCUT2D eigenvalue weighted by Gasteiger charge is -2.22. The van der Waals surface area contributed by atoms with Crippen LogP contribution in [0.2, 0.25) is 0 Å². The standard InChI is InChI=1S/C19H23IN4O2/c1-14-11-16(15(2)24(14)18-5-3-17(20)4-6-18)12-21-22-19(25)13-23-7-9-26-10-8-23/h3-6,11-12H,7-10,13H2,1-2H3,(H,22,25)/p+1/b21-12-. The molecule has 2 N–H and O–H groups in total. The molecule has 26 heavy (non-hydrogen) atoms. The summed E-state index contributed by atoms with van der Waals surface area (Å²) in [7, 11) is 0. The van der Waals surface area contributed by atoms with E-state index in [0.717, 1.165) is 48.9 Å². The molecular formula is C19H24IN4O2+. The van der Waals surface area contributed by atoms with Crippen LogP contribution >= 0.6 is 22.6 Å². The van der Waals surface area contributed by atoms with Gasteiger partial charge in [-0.1, -0.05) is 0 Å². The van der Waals surface area contributed by atoms with Crippen LogP contribution in [-0.2, 0) is 9.53 Å². The molecule has 0 unspecified atom stereocenters. The van der Waals surface area contributed by atoms with E-state index >= 15 is 0 Å². The van der Waals surface area contributed by atoms with Gasteiger partial charge in [0.1, 0.15) is 13.1 Å². The smallest absolute Gasteiger partial charge is 0.295 e. The number of aromatic nitrogens is 1. The highest BCUT2D eigenvalue weighted by molar-refractivity contribution is 14.1. The maximum absolute atomic E-state index is 12.0. The molecule has 0 radical (unpaired) electrons. The quantitative estimate of drug-likeness (QED) is 0.393. The highest BCUT2D eigenvalue weighted by atomic mass is 127. The number of hydrazone groups is 1. The van der Waals surface area contributed by atoms with Gasteiger partial charge in [-0.05, 0) is 66.8 Å². The van der Waals surface area contributed by atoms with Crippen molar-refractivity contribution in [3.63, 3.8) is 0 Å². The molecule has 0 saturated carbocycles. The summed E-state index contributed by atoms with van der Waals surface area (Å²) in [6.07, 6.45) is 1.72. The van der Waals surface area contributed by atoms with E-state index in [-0.39, 0.29) is 5.91 Å². The first-order valence-corrected chi connectivity index (χ1v) is 9.80. The zero-order valence-corrected chi connectivity index (χ0v) is 17.2. The summed E-state index contributed by atoms with van der Waals surface area (Å²) in [4.78, 5) is 13.3. The van der Waals surface area contributed by atoms with Crippen LogP contribution < -0.4 is 10.3 Å². The van der Waals surface area contributed by atoms with Gasteiger partial charge in [-0.25, -0.2) is 5.43 Å². The summed E-state index contributed by atoms with van der Waals surface area (Å²) in [6, 6.07) is 10.5. The van der Waals surface area contributed by atoms with Crippen LogP contribution in [0, 0.1) is 17.4 Å². The molecule has 0 spiro atoms. The Labute approximate surface area is 167 Å². The second-order valence-electron chi connectivity index (χ2n) is 6.47. The topological polar surface area (TPSA) is 60.1 Å². The molecule has 138 valence electrons. The van der Waals surface area contributed by atoms with Crippen molar-refractivity contribution in [3.8, 4) is 5.69 Å². The molecular weight excluding hydrogens is 443 g/mol. The van der Waals surface area contributed by atoms with Crippen molar-refractivity contribution in [1.82, 2.24) is 9.99 Å². The van der Waals surface area contributed by atoms with Gasteiger partial charge in [0.05, 0.1) is 19.4 Å². The Hall–Kier alpha value is -1.71. The Kier molecular flexibility index (Phi) is 6.44. The van der Waals surface area contributed by atoms with Gasteiger partial charge in [0.15, 0.2) is 6.54 Å². The Morgan fingerprint density at radius 1 is 1.31 bits per heavy atom. The first-order valence-electron chi connectivity index (χ1n) is 8.72. The van der Waals surface area contributed by atoms with Gasteiger partial charge in [0.2, 0.25) is 0 Å². The van der Waals surface area contributed by atoms with Crippen molar-refractivity contribution >= 4 is 34.7 Å². The molecule has 2 aromatic rings. The number of nitrogens with one attached hydrogen (secondary N) is 2. The number of nitrogens with zero attached hydrogens (tertiary/aromatic N) is 2. The van der Waals surface area contributed by atoms with E-state index < -0.39 is 0 Å². The first kappa shape index (κ1) is 19.1. The normalized spacial score (nSPS) is 15.5. The molecule has 1 saturated heterocycles. The average molecular weight is 467 g/mol. The maximum Gasteiger partial charge on any atom is 0.295 e. The predicted molar refractivity (Wildman–Crippen MR) is 110 cm³/mol. The van der Waals surface area contributed by atoms with Crippen LogP contribution in [0.3, 0.4) is 0 Å². The molecule has 6 nitrogen and oxygen atoms in total. The number of rotatable bonds is 5. The van der Waals surface area contributed by atoms with Crippen molar-refractivity contribution in [2.24, 2.45) is 5.10 Å². The fourth-order valence-corrected chi connectivity index (χ4v) is 3.54. The molecule has 1 amide bonds. The summed E-state index contributed by atoms with van der Waals surface area (Å²) in [5.74, 6) is -0.0652. The third-order valence-electron chi connectivity index (χ3n) is 4.56. The summed E-state index contributed by atoms with van der Waals surface area (Å²) in [5.41, 5.74) is 7.00. The largest absolute Gasteiger partial charge is 0.370 e.